The third kappa shape index (κ3) is 1.62. The molecule has 4 rings (SSSR count). The van der Waals surface area contributed by atoms with Crippen molar-refractivity contribution >= 4 is 27.4 Å². The Bertz CT molecular complexity index is 757. The lowest BCUT2D eigenvalue weighted by molar-refractivity contribution is 0.331. The molecule has 0 radical (unpaired) electrons. The van der Waals surface area contributed by atoms with E-state index in [9.17, 15) is 0 Å². The number of rotatable bonds is 2. The minimum atomic E-state index is 0.343. The molecule has 3 aromatic rings. The van der Waals surface area contributed by atoms with E-state index < -0.39 is 0 Å². The lowest BCUT2D eigenvalue weighted by Crippen LogP contribution is -2.49. The van der Waals surface area contributed by atoms with Crippen molar-refractivity contribution in [3.63, 3.8) is 0 Å². The monoisotopic (exact) mass is 286 g/mol. The molecule has 20 heavy (non-hydrogen) atoms. The summed E-state index contributed by atoms with van der Waals surface area (Å²) in [6.07, 6.45) is 5.10. The van der Waals surface area contributed by atoms with Gasteiger partial charge in [-0.3, -0.25) is 0 Å². The average Bonchev–Trinajstić information content (AvgIpc) is 2.98. The molecule has 0 atom stereocenters. The molecule has 0 saturated carbocycles. The van der Waals surface area contributed by atoms with E-state index in [0.29, 0.717) is 6.04 Å². The Balaban J connectivity index is 1.67. The predicted molar refractivity (Wildman–Crippen MR) is 78.2 cm³/mol. The first-order chi connectivity index (χ1) is 9.74. The van der Waals surface area contributed by atoms with Crippen LogP contribution in [-0.2, 0) is 0 Å². The first kappa shape index (κ1) is 11.8. The topological polar surface area (TPSA) is 59.7 Å². The number of fused-ring (bicyclic) bond motifs is 1. The molecule has 1 saturated heterocycles. The highest BCUT2D eigenvalue weighted by Crippen LogP contribution is 2.37. The van der Waals surface area contributed by atoms with E-state index in [0.717, 1.165) is 23.7 Å². The van der Waals surface area contributed by atoms with Crippen LogP contribution in [0.5, 0.6) is 0 Å². The summed E-state index contributed by atoms with van der Waals surface area (Å²) in [5, 5.41) is 9.59. The van der Waals surface area contributed by atoms with Crippen molar-refractivity contribution in [2.45, 2.75) is 19.9 Å². The Morgan fingerprint density at radius 2 is 1.90 bits per heavy atom. The van der Waals surface area contributed by atoms with E-state index in [4.69, 9.17) is 0 Å². The zero-order chi connectivity index (χ0) is 13.7. The molecule has 1 fully saturated rings. The number of aryl methyl sites for hydroxylation is 2. The number of hydrogen-bond acceptors (Lipinski definition) is 6. The quantitative estimate of drug-likeness (QED) is 0.720. The van der Waals surface area contributed by atoms with Crippen molar-refractivity contribution in [1.82, 2.24) is 25.0 Å². The summed E-state index contributed by atoms with van der Waals surface area (Å²) in [6, 6.07) is 0.343. The summed E-state index contributed by atoms with van der Waals surface area (Å²) in [5.41, 5.74) is 1.29. The zero-order valence-electron chi connectivity index (χ0n) is 11.3. The Hall–Kier alpha value is -2.02. The van der Waals surface area contributed by atoms with Crippen LogP contribution >= 0.6 is 11.3 Å². The fraction of sp³-hybridized carbons (Fsp3) is 0.385. The van der Waals surface area contributed by atoms with Crippen LogP contribution in [0, 0.1) is 13.8 Å². The molecule has 1 aliphatic rings. The van der Waals surface area contributed by atoms with Gasteiger partial charge in [0.1, 0.15) is 23.0 Å². The second-order valence-electron chi connectivity index (χ2n) is 5.07. The third-order valence-electron chi connectivity index (χ3n) is 3.87. The number of nitrogens with zero attached hydrogens (tertiary/aromatic N) is 6. The second-order valence-corrected chi connectivity index (χ2v) is 6.27. The third-order valence-corrected chi connectivity index (χ3v) is 4.99. The van der Waals surface area contributed by atoms with Crippen molar-refractivity contribution in [2.75, 3.05) is 18.0 Å². The van der Waals surface area contributed by atoms with Crippen molar-refractivity contribution in [1.29, 1.82) is 0 Å². The van der Waals surface area contributed by atoms with Gasteiger partial charge in [-0.1, -0.05) is 0 Å². The first-order valence-electron chi connectivity index (χ1n) is 6.55. The fourth-order valence-electron chi connectivity index (χ4n) is 2.59. The molecule has 0 aliphatic carbocycles. The number of thiophene rings is 1. The van der Waals surface area contributed by atoms with E-state index in [1.54, 1.807) is 34.9 Å². The summed E-state index contributed by atoms with van der Waals surface area (Å²) in [6.45, 7) is 6.08. The molecule has 1 aliphatic heterocycles. The molecule has 0 spiro atoms. The number of hydrogen-bond donors (Lipinski definition) is 0. The molecule has 0 N–H and O–H groups in total. The highest BCUT2D eigenvalue weighted by Gasteiger charge is 2.32. The van der Waals surface area contributed by atoms with Crippen LogP contribution in [0.25, 0.3) is 10.2 Å². The first-order valence-corrected chi connectivity index (χ1v) is 7.37. The van der Waals surface area contributed by atoms with Gasteiger partial charge >= 0.3 is 0 Å². The van der Waals surface area contributed by atoms with E-state index in [1.165, 1.54) is 15.8 Å². The highest BCUT2D eigenvalue weighted by atomic mass is 32.1. The van der Waals surface area contributed by atoms with Crippen LogP contribution < -0.4 is 4.90 Å². The molecular formula is C13H14N6S. The number of anilines is 1. The standard InChI is InChI=1S/C13H14N6S/c1-8-9(2)20-13-11(8)12(14-7-15-13)18-5-10(6-18)19-16-3-4-17-19/h3-4,7,10H,5-6H2,1-2H3. The summed E-state index contributed by atoms with van der Waals surface area (Å²) in [4.78, 5) is 15.3. The Kier molecular flexibility index (Phi) is 2.50. The van der Waals surface area contributed by atoms with Gasteiger partial charge < -0.3 is 4.90 Å². The molecule has 3 aromatic heterocycles. The highest BCUT2D eigenvalue weighted by molar-refractivity contribution is 7.18. The molecule has 4 heterocycles. The van der Waals surface area contributed by atoms with Gasteiger partial charge in [0, 0.05) is 18.0 Å². The molecule has 0 aromatic carbocycles. The maximum absolute atomic E-state index is 4.49. The molecule has 7 heteroatoms. The van der Waals surface area contributed by atoms with Gasteiger partial charge in [-0.2, -0.15) is 15.0 Å². The predicted octanol–water partition coefficient (Wildman–Crippen LogP) is 1.96. The molecule has 102 valence electrons. The van der Waals surface area contributed by atoms with Crippen LogP contribution in [0.1, 0.15) is 16.5 Å². The molecule has 6 nitrogen and oxygen atoms in total. The van der Waals surface area contributed by atoms with Gasteiger partial charge in [0.15, 0.2) is 0 Å². The van der Waals surface area contributed by atoms with Gasteiger partial charge in [-0.05, 0) is 19.4 Å². The Morgan fingerprint density at radius 1 is 1.15 bits per heavy atom. The van der Waals surface area contributed by atoms with Gasteiger partial charge in [0.05, 0.1) is 17.8 Å². The summed E-state index contributed by atoms with van der Waals surface area (Å²) >= 11 is 1.74. The van der Waals surface area contributed by atoms with Crippen molar-refractivity contribution in [3.8, 4) is 0 Å². The van der Waals surface area contributed by atoms with E-state index in [2.05, 4.69) is 38.9 Å². The molecule has 0 amide bonds. The van der Waals surface area contributed by atoms with Crippen molar-refractivity contribution < 1.29 is 0 Å². The van der Waals surface area contributed by atoms with Crippen LogP contribution in [0.3, 0.4) is 0 Å². The normalized spacial score (nSPS) is 15.8. The summed E-state index contributed by atoms with van der Waals surface area (Å²) in [7, 11) is 0. The van der Waals surface area contributed by atoms with Crippen molar-refractivity contribution in [2.24, 2.45) is 0 Å². The maximum Gasteiger partial charge on any atom is 0.141 e. The van der Waals surface area contributed by atoms with Gasteiger partial charge in [-0.15, -0.1) is 11.3 Å². The van der Waals surface area contributed by atoms with Crippen LogP contribution in [0.15, 0.2) is 18.7 Å². The second kappa shape index (κ2) is 4.24. The summed E-state index contributed by atoms with van der Waals surface area (Å²) in [5.74, 6) is 1.04. The summed E-state index contributed by atoms with van der Waals surface area (Å²) < 4.78 is 0. The van der Waals surface area contributed by atoms with Gasteiger partial charge in [0.2, 0.25) is 0 Å². The molecule has 0 bridgehead atoms. The Morgan fingerprint density at radius 3 is 2.65 bits per heavy atom. The van der Waals surface area contributed by atoms with Crippen LogP contribution in [0.4, 0.5) is 5.82 Å². The SMILES string of the molecule is Cc1sc2ncnc(N3CC(n4nccn4)C3)c2c1C. The van der Waals surface area contributed by atoms with Gasteiger partial charge in [-0.25, -0.2) is 9.97 Å². The minimum absolute atomic E-state index is 0.343. The van der Waals surface area contributed by atoms with E-state index in [-0.39, 0.29) is 0 Å². The largest absolute Gasteiger partial charge is 0.351 e. The fourth-order valence-corrected chi connectivity index (χ4v) is 3.58. The maximum atomic E-state index is 4.49. The van der Waals surface area contributed by atoms with Crippen LogP contribution in [0.2, 0.25) is 0 Å². The lowest BCUT2D eigenvalue weighted by atomic mass is 10.1. The number of aromatic nitrogens is 5. The van der Waals surface area contributed by atoms with Gasteiger partial charge in [0.25, 0.3) is 0 Å². The smallest absolute Gasteiger partial charge is 0.141 e. The molecule has 0 unspecified atom stereocenters. The van der Waals surface area contributed by atoms with Crippen LogP contribution in [-0.4, -0.2) is 38.1 Å². The Labute approximate surface area is 120 Å². The lowest BCUT2D eigenvalue weighted by Gasteiger charge is -2.39. The molecular weight excluding hydrogens is 272 g/mol. The minimum Gasteiger partial charge on any atom is -0.351 e. The van der Waals surface area contributed by atoms with Crippen molar-refractivity contribution in [3.05, 3.63) is 29.2 Å². The average molecular weight is 286 g/mol. The van der Waals surface area contributed by atoms with E-state index in [1.807, 2.05) is 0 Å². The van der Waals surface area contributed by atoms with E-state index >= 15 is 0 Å². The zero-order valence-corrected chi connectivity index (χ0v) is 12.1.